The third kappa shape index (κ3) is 5.28. The highest BCUT2D eigenvalue weighted by Gasteiger charge is 2.35. The van der Waals surface area contributed by atoms with Crippen LogP contribution in [0.1, 0.15) is 0 Å². The maximum Gasteiger partial charge on any atom is 0.348 e. The number of carbonyl (C=O) groups is 4. The predicted molar refractivity (Wildman–Crippen MR) is 47.9 cm³/mol. The molecule has 9 nitrogen and oxygen atoms in total. The smallest absolute Gasteiger partial charge is 0.348 e. The molecule has 9 heteroatoms. The highest BCUT2D eigenvalue weighted by Crippen LogP contribution is 2.02. The first kappa shape index (κ1) is 14.6. The summed E-state index contributed by atoms with van der Waals surface area (Å²) in [5.74, 6) is -6.66. The number of aliphatic hydroxyl groups excluding tert-OH is 1. The van der Waals surface area contributed by atoms with Crippen LogP contribution in [0.4, 0.5) is 0 Å². The van der Waals surface area contributed by atoms with Gasteiger partial charge in [0.05, 0.1) is 0 Å². The van der Waals surface area contributed by atoms with E-state index in [9.17, 15) is 19.2 Å². The zero-order valence-corrected chi connectivity index (χ0v) is 8.14. The Hall–Kier alpha value is -2.42. The third-order valence-corrected chi connectivity index (χ3v) is 1.39. The summed E-state index contributed by atoms with van der Waals surface area (Å²) in [6, 6.07) is 0. The molecule has 2 atom stereocenters. The van der Waals surface area contributed by atoms with Crippen molar-refractivity contribution in [2.45, 2.75) is 12.2 Å². The van der Waals surface area contributed by atoms with Gasteiger partial charge in [-0.2, -0.15) is 0 Å². The van der Waals surface area contributed by atoms with Crippen molar-refractivity contribution in [3.63, 3.8) is 0 Å². The Morgan fingerprint density at radius 3 is 1.82 bits per heavy atom. The van der Waals surface area contributed by atoms with Gasteiger partial charge >= 0.3 is 23.9 Å². The largest absolute Gasteiger partial charge is 0.479 e. The minimum absolute atomic E-state index is 0.369. The van der Waals surface area contributed by atoms with Gasteiger partial charge in [0, 0.05) is 12.2 Å². The standard InChI is InChI=1S/C8H8O9/c9-3(10)1-2-4(11)17-6(8(15)16)5(12)7(13)14/h1-2,5-6,12H,(H,9,10)(H,13,14)(H,15,16)/b2-1+. The average Bonchev–Trinajstić information content (AvgIpc) is 2.21. The lowest BCUT2D eigenvalue weighted by Crippen LogP contribution is -2.42. The quantitative estimate of drug-likeness (QED) is 0.310. The van der Waals surface area contributed by atoms with E-state index in [2.05, 4.69) is 4.74 Å². The van der Waals surface area contributed by atoms with Gasteiger partial charge in [0.15, 0.2) is 6.10 Å². The van der Waals surface area contributed by atoms with Gasteiger partial charge in [0.1, 0.15) is 0 Å². The van der Waals surface area contributed by atoms with Crippen LogP contribution in [0.2, 0.25) is 0 Å². The van der Waals surface area contributed by atoms with Crippen LogP contribution in [0.15, 0.2) is 12.2 Å². The fourth-order valence-corrected chi connectivity index (χ4v) is 0.683. The molecule has 0 aliphatic carbocycles. The first-order valence-electron chi connectivity index (χ1n) is 4.01. The maximum absolute atomic E-state index is 10.8. The molecule has 0 aromatic carbocycles. The molecule has 0 aromatic heterocycles. The SMILES string of the molecule is O=C(O)/C=C/C(=O)OC(C(=O)O)C(O)C(=O)O. The molecule has 0 amide bonds. The van der Waals surface area contributed by atoms with Crippen LogP contribution in [0, 0.1) is 0 Å². The zero-order valence-electron chi connectivity index (χ0n) is 8.14. The number of carboxylic acid groups (broad SMARTS) is 3. The van der Waals surface area contributed by atoms with Gasteiger partial charge in [-0.25, -0.2) is 19.2 Å². The highest BCUT2D eigenvalue weighted by atomic mass is 16.6. The van der Waals surface area contributed by atoms with E-state index in [1.54, 1.807) is 0 Å². The molecule has 0 heterocycles. The van der Waals surface area contributed by atoms with Crippen molar-refractivity contribution < 1.29 is 44.3 Å². The number of rotatable bonds is 6. The molecular formula is C8H8O9. The lowest BCUT2D eigenvalue weighted by atomic mass is 10.2. The summed E-state index contributed by atoms with van der Waals surface area (Å²) in [5, 5.41) is 33.8. The van der Waals surface area contributed by atoms with Gasteiger partial charge in [0.2, 0.25) is 6.10 Å². The molecule has 0 spiro atoms. The van der Waals surface area contributed by atoms with Crippen molar-refractivity contribution in [3.8, 4) is 0 Å². The van der Waals surface area contributed by atoms with E-state index in [1.165, 1.54) is 0 Å². The number of esters is 1. The molecule has 0 saturated heterocycles. The van der Waals surface area contributed by atoms with Crippen LogP contribution in [0.5, 0.6) is 0 Å². The van der Waals surface area contributed by atoms with Crippen molar-refractivity contribution in [2.75, 3.05) is 0 Å². The fourth-order valence-electron chi connectivity index (χ4n) is 0.683. The van der Waals surface area contributed by atoms with E-state index < -0.39 is 36.1 Å². The minimum Gasteiger partial charge on any atom is -0.479 e. The second-order valence-electron chi connectivity index (χ2n) is 2.65. The highest BCUT2D eigenvalue weighted by molar-refractivity contribution is 5.93. The summed E-state index contributed by atoms with van der Waals surface area (Å²) in [7, 11) is 0. The van der Waals surface area contributed by atoms with Crippen LogP contribution in [0.3, 0.4) is 0 Å². The van der Waals surface area contributed by atoms with Crippen LogP contribution in [0.25, 0.3) is 0 Å². The van der Waals surface area contributed by atoms with Crippen molar-refractivity contribution in [2.24, 2.45) is 0 Å². The van der Waals surface area contributed by atoms with E-state index in [4.69, 9.17) is 20.4 Å². The maximum atomic E-state index is 10.8. The topological polar surface area (TPSA) is 158 Å². The second-order valence-corrected chi connectivity index (χ2v) is 2.65. The Morgan fingerprint density at radius 2 is 1.47 bits per heavy atom. The summed E-state index contributed by atoms with van der Waals surface area (Å²) >= 11 is 0. The molecule has 0 saturated carbocycles. The average molecular weight is 248 g/mol. The van der Waals surface area contributed by atoms with Gasteiger partial charge < -0.3 is 25.2 Å². The van der Waals surface area contributed by atoms with Crippen LogP contribution < -0.4 is 0 Å². The Labute approximate surface area is 93.5 Å². The molecule has 0 bridgehead atoms. The monoisotopic (exact) mass is 248 g/mol. The van der Waals surface area contributed by atoms with Crippen LogP contribution in [-0.2, 0) is 23.9 Å². The number of aliphatic carboxylic acids is 3. The summed E-state index contributed by atoms with van der Waals surface area (Å²) in [6.07, 6.45) is -4.02. The van der Waals surface area contributed by atoms with Crippen molar-refractivity contribution in [1.82, 2.24) is 0 Å². The summed E-state index contributed by atoms with van der Waals surface area (Å²) in [6.45, 7) is 0. The lowest BCUT2D eigenvalue weighted by molar-refractivity contribution is -0.176. The molecule has 0 aliphatic rings. The van der Waals surface area contributed by atoms with Crippen molar-refractivity contribution >= 4 is 23.9 Å². The van der Waals surface area contributed by atoms with Crippen LogP contribution >= 0.6 is 0 Å². The first-order valence-corrected chi connectivity index (χ1v) is 4.01. The molecule has 4 N–H and O–H groups in total. The van der Waals surface area contributed by atoms with E-state index in [-0.39, 0.29) is 0 Å². The lowest BCUT2D eigenvalue weighted by Gasteiger charge is -2.14. The molecule has 17 heavy (non-hydrogen) atoms. The van der Waals surface area contributed by atoms with Crippen LogP contribution in [-0.4, -0.2) is 56.5 Å². The molecule has 0 radical (unpaired) electrons. The normalized spacial score (nSPS) is 13.9. The van der Waals surface area contributed by atoms with Gasteiger partial charge in [-0.1, -0.05) is 0 Å². The van der Waals surface area contributed by atoms with Gasteiger partial charge in [-0.15, -0.1) is 0 Å². The molecule has 0 aliphatic heterocycles. The fraction of sp³-hybridized carbons (Fsp3) is 0.250. The molecule has 0 fully saturated rings. The number of ether oxygens (including phenoxy) is 1. The number of carboxylic acids is 3. The number of hydrogen-bond donors (Lipinski definition) is 4. The molecule has 94 valence electrons. The summed E-state index contributed by atoms with van der Waals surface area (Å²) < 4.78 is 4.07. The second kappa shape index (κ2) is 6.23. The van der Waals surface area contributed by atoms with Crippen molar-refractivity contribution in [3.05, 3.63) is 12.2 Å². The van der Waals surface area contributed by atoms with Gasteiger partial charge in [-0.3, -0.25) is 0 Å². The van der Waals surface area contributed by atoms with Gasteiger partial charge in [-0.05, 0) is 0 Å². The van der Waals surface area contributed by atoms with E-state index in [0.717, 1.165) is 0 Å². The van der Waals surface area contributed by atoms with E-state index >= 15 is 0 Å². The molecule has 2 unspecified atom stereocenters. The Balaban J connectivity index is 4.67. The molecule has 0 rings (SSSR count). The Kier molecular flexibility index (Phi) is 5.34. The first-order chi connectivity index (χ1) is 7.75. The predicted octanol–water partition coefficient (Wildman–Crippen LogP) is -1.93. The van der Waals surface area contributed by atoms with Crippen molar-refractivity contribution in [1.29, 1.82) is 0 Å². The number of hydrogen-bond acceptors (Lipinski definition) is 6. The minimum atomic E-state index is -2.45. The van der Waals surface area contributed by atoms with E-state index in [1.807, 2.05) is 0 Å². The van der Waals surface area contributed by atoms with E-state index in [0.29, 0.717) is 12.2 Å². The summed E-state index contributed by atoms with van der Waals surface area (Å²) in [5.41, 5.74) is 0. The number of aliphatic hydroxyl groups is 1. The Morgan fingerprint density at radius 1 is 0.941 bits per heavy atom. The zero-order chi connectivity index (χ0) is 13.6. The Bertz CT molecular complexity index is 369. The molecule has 0 aromatic rings. The molecular weight excluding hydrogens is 240 g/mol. The van der Waals surface area contributed by atoms with Gasteiger partial charge in [0.25, 0.3) is 0 Å². The third-order valence-electron chi connectivity index (χ3n) is 1.39. The summed E-state index contributed by atoms with van der Waals surface area (Å²) in [4.78, 5) is 41.6. The number of carbonyl (C=O) groups excluding carboxylic acids is 1.